The predicted octanol–water partition coefficient (Wildman–Crippen LogP) is 2.24. The molecule has 2 aliphatic heterocycles. The molecule has 2 aliphatic rings. The highest BCUT2D eigenvalue weighted by Crippen LogP contribution is 2.26. The summed E-state index contributed by atoms with van der Waals surface area (Å²) < 4.78 is 7.41. The summed E-state index contributed by atoms with van der Waals surface area (Å²) >= 11 is 0. The molecule has 3 heterocycles. The number of nitrogens with one attached hydrogen (secondary N) is 1. The highest BCUT2D eigenvalue weighted by atomic mass is 16.5. The number of morpholine rings is 1. The van der Waals surface area contributed by atoms with Crippen LogP contribution >= 0.6 is 0 Å². The predicted molar refractivity (Wildman–Crippen MR) is 105 cm³/mol. The average Bonchev–Trinajstić information content (AvgIpc) is 3.17. The van der Waals surface area contributed by atoms with Crippen LogP contribution in [0.3, 0.4) is 0 Å². The maximum absolute atomic E-state index is 13.0. The van der Waals surface area contributed by atoms with E-state index in [1.54, 1.807) is 6.20 Å². The molecule has 7 heteroatoms. The first-order valence-electron chi connectivity index (χ1n) is 9.67. The molecule has 1 N–H and O–H groups in total. The third-order valence-electron chi connectivity index (χ3n) is 5.45. The maximum atomic E-state index is 13.0. The van der Waals surface area contributed by atoms with E-state index in [1.165, 1.54) is 0 Å². The van der Waals surface area contributed by atoms with Crippen LogP contribution in [0.2, 0.25) is 0 Å². The number of rotatable bonds is 4. The Labute approximate surface area is 159 Å². The zero-order chi connectivity index (χ0) is 18.6. The van der Waals surface area contributed by atoms with Crippen LogP contribution in [0.5, 0.6) is 0 Å². The highest BCUT2D eigenvalue weighted by molar-refractivity contribution is 6.07. The molecule has 2 aromatic rings. The summed E-state index contributed by atoms with van der Waals surface area (Å²) in [7, 11) is 2.14. The number of para-hydroxylation sites is 1. The van der Waals surface area contributed by atoms with Crippen molar-refractivity contribution >= 4 is 17.4 Å². The van der Waals surface area contributed by atoms with Crippen molar-refractivity contribution in [3.05, 3.63) is 42.1 Å². The quantitative estimate of drug-likeness (QED) is 0.896. The molecule has 0 aliphatic carbocycles. The number of likely N-dealkylation sites (tertiary alicyclic amines) is 1. The summed E-state index contributed by atoms with van der Waals surface area (Å²) in [4.78, 5) is 17.6. The van der Waals surface area contributed by atoms with Gasteiger partial charge in [-0.05, 0) is 45.1 Å². The molecular formula is C20H27N5O2. The Kier molecular flexibility index (Phi) is 5.40. The minimum Gasteiger partial charge on any atom is -0.378 e. The van der Waals surface area contributed by atoms with Gasteiger partial charge in [-0.1, -0.05) is 12.1 Å². The fraction of sp³-hybridized carbons (Fsp3) is 0.500. The molecule has 0 bridgehead atoms. The van der Waals surface area contributed by atoms with E-state index in [-0.39, 0.29) is 5.91 Å². The lowest BCUT2D eigenvalue weighted by Gasteiger charge is -2.31. The van der Waals surface area contributed by atoms with Crippen molar-refractivity contribution in [1.82, 2.24) is 14.7 Å². The summed E-state index contributed by atoms with van der Waals surface area (Å²) in [6, 6.07) is 10.00. The van der Waals surface area contributed by atoms with E-state index >= 15 is 0 Å². The third-order valence-corrected chi connectivity index (χ3v) is 5.45. The van der Waals surface area contributed by atoms with Crippen LogP contribution in [0.1, 0.15) is 29.2 Å². The lowest BCUT2D eigenvalue weighted by molar-refractivity contribution is 0.102. The first kappa shape index (κ1) is 18.0. The summed E-state index contributed by atoms with van der Waals surface area (Å²) in [6.07, 6.45) is 3.86. The number of benzene rings is 1. The van der Waals surface area contributed by atoms with Crippen LogP contribution in [-0.4, -0.2) is 67.0 Å². The van der Waals surface area contributed by atoms with Crippen LogP contribution in [0, 0.1) is 0 Å². The van der Waals surface area contributed by atoms with Gasteiger partial charge in [0, 0.05) is 24.8 Å². The Morgan fingerprint density at radius 2 is 1.85 bits per heavy atom. The van der Waals surface area contributed by atoms with Crippen LogP contribution in [0.25, 0.3) is 0 Å². The van der Waals surface area contributed by atoms with E-state index in [0.29, 0.717) is 24.8 Å². The summed E-state index contributed by atoms with van der Waals surface area (Å²) in [5, 5.41) is 7.57. The van der Waals surface area contributed by atoms with Gasteiger partial charge in [-0.3, -0.25) is 4.79 Å². The van der Waals surface area contributed by atoms with Gasteiger partial charge in [0.2, 0.25) is 0 Å². The molecule has 144 valence electrons. The molecule has 0 atom stereocenters. The van der Waals surface area contributed by atoms with E-state index in [9.17, 15) is 4.79 Å². The van der Waals surface area contributed by atoms with Gasteiger partial charge in [0.1, 0.15) is 5.82 Å². The number of carbonyl (C=O) groups is 1. The molecule has 1 aromatic heterocycles. The number of aromatic nitrogens is 2. The topological polar surface area (TPSA) is 62.6 Å². The molecule has 1 amide bonds. The number of hydrogen-bond donors (Lipinski definition) is 1. The second kappa shape index (κ2) is 8.10. The summed E-state index contributed by atoms with van der Waals surface area (Å²) in [5.41, 5.74) is 1.65. The van der Waals surface area contributed by atoms with Gasteiger partial charge >= 0.3 is 0 Å². The number of nitrogens with zero attached hydrogens (tertiary/aromatic N) is 4. The van der Waals surface area contributed by atoms with Crippen molar-refractivity contribution < 1.29 is 9.53 Å². The van der Waals surface area contributed by atoms with Gasteiger partial charge in [0.05, 0.1) is 31.0 Å². The first-order valence-corrected chi connectivity index (χ1v) is 9.67. The number of carbonyl (C=O) groups excluding carboxylic acids is 1. The van der Waals surface area contributed by atoms with Gasteiger partial charge in [0.15, 0.2) is 0 Å². The number of piperidine rings is 1. The van der Waals surface area contributed by atoms with Crippen LogP contribution in [0.4, 0.5) is 11.5 Å². The number of hydrogen-bond acceptors (Lipinski definition) is 5. The number of ether oxygens (including phenoxy) is 1. The summed E-state index contributed by atoms with van der Waals surface area (Å²) in [6.45, 7) is 5.10. The Balaban J connectivity index is 1.51. The van der Waals surface area contributed by atoms with Crippen molar-refractivity contribution in [2.45, 2.75) is 18.9 Å². The lowest BCUT2D eigenvalue weighted by Crippen LogP contribution is -2.37. The van der Waals surface area contributed by atoms with Crippen molar-refractivity contribution in [1.29, 1.82) is 0 Å². The molecule has 0 saturated carbocycles. The van der Waals surface area contributed by atoms with Gasteiger partial charge in [-0.15, -0.1) is 0 Å². The fourth-order valence-corrected chi connectivity index (χ4v) is 3.87. The number of amides is 1. The zero-order valence-electron chi connectivity index (χ0n) is 15.8. The van der Waals surface area contributed by atoms with Gasteiger partial charge in [-0.25, -0.2) is 4.68 Å². The average molecular weight is 369 g/mol. The second-order valence-electron chi connectivity index (χ2n) is 7.27. The van der Waals surface area contributed by atoms with Gasteiger partial charge in [-0.2, -0.15) is 5.10 Å². The van der Waals surface area contributed by atoms with E-state index in [2.05, 4.69) is 27.3 Å². The minimum atomic E-state index is -0.0910. The summed E-state index contributed by atoms with van der Waals surface area (Å²) in [5.74, 6) is 0.679. The Morgan fingerprint density at radius 1 is 1.11 bits per heavy atom. The largest absolute Gasteiger partial charge is 0.378 e. The van der Waals surface area contributed by atoms with E-state index in [4.69, 9.17) is 4.74 Å². The Morgan fingerprint density at radius 3 is 2.63 bits per heavy atom. The molecule has 27 heavy (non-hydrogen) atoms. The SMILES string of the molecule is CN1CCC(n2nccc2NC(=O)c2ccccc2N2CCOCC2)CC1. The third kappa shape index (κ3) is 3.99. The molecule has 0 unspecified atom stereocenters. The van der Waals surface area contributed by atoms with E-state index in [0.717, 1.165) is 50.5 Å². The molecule has 4 rings (SSSR count). The number of anilines is 2. The molecule has 1 aromatic carbocycles. The van der Waals surface area contributed by atoms with Crippen LogP contribution < -0.4 is 10.2 Å². The van der Waals surface area contributed by atoms with Crippen molar-refractivity contribution in [3.8, 4) is 0 Å². The van der Waals surface area contributed by atoms with Gasteiger partial charge in [0.25, 0.3) is 5.91 Å². The van der Waals surface area contributed by atoms with Gasteiger partial charge < -0.3 is 19.9 Å². The molecule has 2 fully saturated rings. The standard InChI is InChI=1S/C20H27N5O2/c1-23-10-7-16(8-11-23)25-19(6-9-21-25)22-20(26)17-4-2-3-5-18(17)24-12-14-27-15-13-24/h2-6,9,16H,7-8,10-15H2,1H3,(H,22,26). The molecule has 0 spiro atoms. The normalized spacial score (nSPS) is 19.2. The molecule has 7 nitrogen and oxygen atoms in total. The highest BCUT2D eigenvalue weighted by Gasteiger charge is 2.23. The van der Waals surface area contributed by atoms with Crippen molar-refractivity contribution in [3.63, 3.8) is 0 Å². The molecule has 0 radical (unpaired) electrons. The molecular weight excluding hydrogens is 342 g/mol. The van der Waals surface area contributed by atoms with E-state index in [1.807, 2.05) is 35.0 Å². The minimum absolute atomic E-state index is 0.0910. The first-order chi connectivity index (χ1) is 13.2. The Bertz CT molecular complexity index is 776. The lowest BCUT2D eigenvalue weighted by atomic mass is 10.1. The maximum Gasteiger partial charge on any atom is 0.258 e. The monoisotopic (exact) mass is 369 g/mol. The molecule has 2 saturated heterocycles. The van der Waals surface area contributed by atoms with Crippen LogP contribution in [0.15, 0.2) is 36.5 Å². The fourth-order valence-electron chi connectivity index (χ4n) is 3.87. The Hall–Kier alpha value is -2.38. The second-order valence-corrected chi connectivity index (χ2v) is 7.27. The smallest absolute Gasteiger partial charge is 0.258 e. The van der Waals surface area contributed by atoms with Crippen molar-refractivity contribution in [2.24, 2.45) is 0 Å². The van der Waals surface area contributed by atoms with E-state index < -0.39 is 0 Å². The van der Waals surface area contributed by atoms with Crippen LogP contribution in [-0.2, 0) is 4.74 Å². The zero-order valence-corrected chi connectivity index (χ0v) is 15.8. The van der Waals surface area contributed by atoms with Crippen molar-refractivity contribution in [2.75, 3.05) is 56.7 Å².